The molecule has 4 heteroatoms. The van der Waals surface area contributed by atoms with Crippen molar-refractivity contribution in [3.63, 3.8) is 0 Å². The molecule has 1 aliphatic rings. The third-order valence-electron chi connectivity index (χ3n) is 3.98. The smallest absolute Gasteiger partial charge is 0.133 e. The Morgan fingerprint density at radius 1 is 1.35 bits per heavy atom. The van der Waals surface area contributed by atoms with Gasteiger partial charge in [-0.1, -0.05) is 19.9 Å². The van der Waals surface area contributed by atoms with Crippen LogP contribution in [0.1, 0.15) is 45.1 Å². The largest absolute Gasteiger partial charge is 0.489 e. The SMILES string of the molecule is CCC(O)(CC)COc1ccc(CNC2CC2)cc1Br. The molecule has 0 unspecified atom stereocenters. The molecule has 0 spiro atoms. The number of ether oxygens (including phenoxy) is 1. The second-order valence-electron chi connectivity index (χ2n) is 5.64. The molecule has 0 heterocycles. The van der Waals surface area contributed by atoms with Crippen molar-refractivity contribution in [3.05, 3.63) is 28.2 Å². The predicted octanol–water partition coefficient (Wildman–Crippen LogP) is 3.63. The van der Waals surface area contributed by atoms with Crippen LogP contribution in [0, 0.1) is 0 Å². The van der Waals surface area contributed by atoms with E-state index >= 15 is 0 Å². The van der Waals surface area contributed by atoms with E-state index in [4.69, 9.17) is 4.74 Å². The molecule has 0 atom stereocenters. The standard InChI is InChI=1S/C16H24BrNO2/c1-3-16(19,4-2)11-20-15-8-5-12(9-14(15)17)10-18-13-6-7-13/h5,8-9,13,18-19H,3-4,6-7,10-11H2,1-2H3. The van der Waals surface area contributed by atoms with Crippen LogP contribution in [-0.2, 0) is 6.54 Å². The van der Waals surface area contributed by atoms with Gasteiger partial charge in [-0.25, -0.2) is 0 Å². The van der Waals surface area contributed by atoms with Crippen molar-refractivity contribution in [1.82, 2.24) is 5.32 Å². The summed E-state index contributed by atoms with van der Waals surface area (Å²) in [6.45, 7) is 5.19. The fraction of sp³-hybridized carbons (Fsp3) is 0.625. The van der Waals surface area contributed by atoms with Gasteiger partial charge in [0.15, 0.2) is 0 Å². The van der Waals surface area contributed by atoms with Gasteiger partial charge in [0.2, 0.25) is 0 Å². The first-order valence-electron chi connectivity index (χ1n) is 7.43. The molecule has 0 aromatic heterocycles. The van der Waals surface area contributed by atoms with Crippen LogP contribution in [0.2, 0.25) is 0 Å². The minimum atomic E-state index is -0.731. The van der Waals surface area contributed by atoms with Crippen molar-refractivity contribution >= 4 is 15.9 Å². The summed E-state index contributed by atoms with van der Waals surface area (Å²) < 4.78 is 6.71. The predicted molar refractivity (Wildman–Crippen MR) is 85.0 cm³/mol. The fourth-order valence-corrected chi connectivity index (χ4v) is 2.53. The summed E-state index contributed by atoms with van der Waals surface area (Å²) in [4.78, 5) is 0. The second kappa shape index (κ2) is 6.92. The number of halogens is 1. The van der Waals surface area contributed by atoms with Crippen LogP contribution in [-0.4, -0.2) is 23.4 Å². The van der Waals surface area contributed by atoms with E-state index in [1.807, 2.05) is 19.9 Å². The number of aliphatic hydroxyl groups is 1. The van der Waals surface area contributed by atoms with Gasteiger partial charge in [0, 0.05) is 12.6 Å². The Morgan fingerprint density at radius 3 is 2.60 bits per heavy atom. The van der Waals surface area contributed by atoms with Crippen LogP contribution < -0.4 is 10.1 Å². The van der Waals surface area contributed by atoms with Crippen LogP contribution in [0.4, 0.5) is 0 Å². The molecular weight excluding hydrogens is 318 g/mol. The van der Waals surface area contributed by atoms with E-state index in [9.17, 15) is 5.11 Å². The quantitative estimate of drug-likeness (QED) is 0.758. The first-order chi connectivity index (χ1) is 9.56. The van der Waals surface area contributed by atoms with Gasteiger partial charge in [-0.3, -0.25) is 0 Å². The average Bonchev–Trinajstić information content (AvgIpc) is 3.28. The van der Waals surface area contributed by atoms with Gasteiger partial charge in [0.05, 0.1) is 10.1 Å². The van der Waals surface area contributed by atoms with Crippen molar-refractivity contribution in [2.45, 2.75) is 57.7 Å². The highest BCUT2D eigenvalue weighted by atomic mass is 79.9. The van der Waals surface area contributed by atoms with Gasteiger partial charge in [-0.05, 0) is 59.3 Å². The zero-order valence-electron chi connectivity index (χ0n) is 12.3. The molecule has 1 aliphatic carbocycles. The summed E-state index contributed by atoms with van der Waals surface area (Å²) in [5.74, 6) is 0.792. The minimum absolute atomic E-state index is 0.332. The molecule has 0 radical (unpaired) electrons. The van der Waals surface area contributed by atoms with E-state index in [1.165, 1.54) is 18.4 Å². The van der Waals surface area contributed by atoms with E-state index in [0.717, 1.165) is 16.8 Å². The Kier molecular flexibility index (Phi) is 5.47. The van der Waals surface area contributed by atoms with Crippen molar-refractivity contribution in [3.8, 4) is 5.75 Å². The highest BCUT2D eigenvalue weighted by Gasteiger charge is 2.23. The molecule has 1 aromatic carbocycles. The van der Waals surface area contributed by atoms with E-state index in [2.05, 4.69) is 33.4 Å². The molecule has 2 rings (SSSR count). The zero-order chi connectivity index (χ0) is 14.6. The Bertz CT molecular complexity index is 442. The van der Waals surface area contributed by atoms with Crippen LogP contribution in [0.15, 0.2) is 22.7 Å². The van der Waals surface area contributed by atoms with Gasteiger partial charge in [0.1, 0.15) is 12.4 Å². The molecule has 0 bridgehead atoms. The monoisotopic (exact) mass is 341 g/mol. The first kappa shape index (κ1) is 15.8. The lowest BCUT2D eigenvalue weighted by Crippen LogP contribution is -2.34. The highest BCUT2D eigenvalue weighted by Crippen LogP contribution is 2.28. The fourth-order valence-electron chi connectivity index (χ4n) is 1.99. The summed E-state index contributed by atoms with van der Waals surface area (Å²) in [5.41, 5.74) is 0.517. The van der Waals surface area contributed by atoms with E-state index < -0.39 is 5.60 Å². The Balaban J connectivity index is 1.91. The lowest BCUT2D eigenvalue weighted by atomic mass is 9.99. The van der Waals surface area contributed by atoms with Crippen molar-refractivity contribution in [2.75, 3.05) is 6.61 Å². The maximum Gasteiger partial charge on any atom is 0.133 e. The van der Waals surface area contributed by atoms with Crippen molar-refractivity contribution < 1.29 is 9.84 Å². The van der Waals surface area contributed by atoms with Crippen molar-refractivity contribution in [2.24, 2.45) is 0 Å². The normalized spacial score (nSPS) is 15.4. The van der Waals surface area contributed by atoms with Gasteiger partial charge in [-0.2, -0.15) is 0 Å². The number of rotatable bonds is 8. The number of hydrogen-bond donors (Lipinski definition) is 2. The van der Waals surface area contributed by atoms with Crippen LogP contribution in [0.3, 0.4) is 0 Å². The zero-order valence-corrected chi connectivity index (χ0v) is 13.9. The maximum atomic E-state index is 10.2. The molecule has 0 aliphatic heterocycles. The van der Waals surface area contributed by atoms with Crippen LogP contribution in [0.25, 0.3) is 0 Å². The van der Waals surface area contributed by atoms with Crippen LogP contribution in [0.5, 0.6) is 5.75 Å². The first-order valence-corrected chi connectivity index (χ1v) is 8.22. The molecule has 3 nitrogen and oxygen atoms in total. The van der Waals surface area contributed by atoms with Gasteiger partial charge in [0.25, 0.3) is 0 Å². The lowest BCUT2D eigenvalue weighted by molar-refractivity contribution is -0.0115. The molecular formula is C16H24BrNO2. The molecule has 1 saturated carbocycles. The van der Waals surface area contributed by atoms with Crippen molar-refractivity contribution in [1.29, 1.82) is 0 Å². The number of hydrogen-bond acceptors (Lipinski definition) is 3. The molecule has 20 heavy (non-hydrogen) atoms. The van der Waals surface area contributed by atoms with E-state index in [0.29, 0.717) is 25.5 Å². The summed E-state index contributed by atoms with van der Waals surface area (Å²) in [6, 6.07) is 6.85. The topological polar surface area (TPSA) is 41.5 Å². The average molecular weight is 342 g/mol. The second-order valence-corrected chi connectivity index (χ2v) is 6.49. The summed E-state index contributed by atoms with van der Waals surface area (Å²) in [5, 5.41) is 13.7. The van der Waals surface area contributed by atoms with Gasteiger partial charge < -0.3 is 15.2 Å². The minimum Gasteiger partial charge on any atom is -0.489 e. The van der Waals surface area contributed by atoms with E-state index in [1.54, 1.807) is 0 Å². The number of benzene rings is 1. The third kappa shape index (κ3) is 4.47. The lowest BCUT2D eigenvalue weighted by Gasteiger charge is -2.25. The van der Waals surface area contributed by atoms with Crippen LogP contribution >= 0.6 is 15.9 Å². The van der Waals surface area contributed by atoms with E-state index in [-0.39, 0.29) is 0 Å². The van der Waals surface area contributed by atoms with Gasteiger partial charge in [-0.15, -0.1) is 0 Å². The molecule has 2 N–H and O–H groups in total. The Hall–Kier alpha value is -0.580. The molecule has 1 fully saturated rings. The molecule has 0 amide bonds. The summed E-state index contributed by atoms with van der Waals surface area (Å²) >= 11 is 3.55. The summed E-state index contributed by atoms with van der Waals surface area (Å²) in [6.07, 6.45) is 4.00. The highest BCUT2D eigenvalue weighted by molar-refractivity contribution is 9.10. The summed E-state index contributed by atoms with van der Waals surface area (Å²) in [7, 11) is 0. The van der Waals surface area contributed by atoms with Gasteiger partial charge >= 0.3 is 0 Å². The third-order valence-corrected chi connectivity index (χ3v) is 4.60. The molecule has 1 aromatic rings. The molecule has 0 saturated heterocycles. The Morgan fingerprint density at radius 2 is 2.05 bits per heavy atom. The Labute approximate surface area is 129 Å². The molecule has 112 valence electrons. The maximum absolute atomic E-state index is 10.2. The number of nitrogens with one attached hydrogen (secondary N) is 1.